The number of hydrogen-bond donors (Lipinski definition) is 1. The standard InChI is InChI=1S/C14H20N4O/c1-9(8-15)14(19)18(4)11-5-6-13-12(7-11)16-10(2)17(13)3/h5-7,9H,8,15H2,1-4H3. The highest BCUT2D eigenvalue weighted by atomic mass is 16.2. The van der Waals surface area contributed by atoms with E-state index in [0.717, 1.165) is 22.5 Å². The van der Waals surface area contributed by atoms with Crippen LogP contribution in [0.15, 0.2) is 18.2 Å². The summed E-state index contributed by atoms with van der Waals surface area (Å²) in [7, 11) is 3.75. The minimum absolute atomic E-state index is 0.0227. The van der Waals surface area contributed by atoms with Crippen LogP contribution in [0.3, 0.4) is 0 Å². The first kappa shape index (κ1) is 13.5. The second-order valence-electron chi connectivity index (χ2n) is 4.93. The van der Waals surface area contributed by atoms with Crippen molar-refractivity contribution in [3.8, 4) is 0 Å². The fourth-order valence-corrected chi connectivity index (χ4v) is 2.08. The van der Waals surface area contributed by atoms with Gasteiger partial charge in [0, 0.05) is 32.2 Å². The minimum atomic E-state index is -0.175. The van der Waals surface area contributed by atoms with Gasteiger partial charge in [-0.05, 0) is 25.1 Å². The lowest BCUT2D eigenvalue weighted by atomic mass is 10.1. The van der Waals surface area contributed by atoms with Gasteiger partial charge in [-0.2, -0.15) is 0 Å². The largest absolute Gasteiger partial charge is 0.331 e. The Morgan fingerprint density at radius 3 is 2.84 bits per heavy atom. The molecular formula is C14H20N4O. The number of nitrogens with zero attached hydrogens (tertiary/aromatic N) is 3. The Hall–Kier alpha value is -1.88. The van der Waals surface area contributed by atoms with Crippen LogP contribution in [0, 0.1) is 12.8 Å². The Labute approximate surface area is 113 Å². The van der Waals surface area contributed by atoms with Crippen LogP contribution >= 0.6 is 0 Å². The number of carbonyl (C=O) groups is 1. The molecule has 1 amide bonds. The summed E-state index contributed by atoms with van der Waals surface area (Å²) >= 11 is 0. The van der Waals surface area contributed by atoms with E-state index in [9.17, 15) is 4.79 Å². The van der Waals surface area contributed by atoms with Crippen LogP contribution in [0.2, 0.25) is 0 Å². The van der Waals surface area contributed by atoms with Crippen LogP contribution in [0.1, 0.15) is 12.7 Å². The van der Waals surface area contributed by atoms with E-state index in [1.165, 1.54) is 0 Å². The summed E-state index contributed by atoms with van der Waals surface area (Å²) in [6.45, 7) is 4.15. The van der Waals surface area contributed by atoms with Gasteiger partial charge in [0.1, 0.15) is 5.82 Å². The van der Waals surface area contributed by atoms with Crippen molar-refractivity contribution >= 4 is 22.6 Å². The number of aryl methyl sites for hydroxylation is 2. The molecule has 1 atom stereocenters. The summed E-state index contributed by atoms with van der Waals surface area (Å²) < 4.78 is 2.03. The molecule has 1 aromatic heterocycles. The van der Waals surface area contributed by atoms with Crippen molar-refractivity contribution in [3.05, 3.63) is 24.0 Å². The van der Waals surface area contributed by atoms with Crippen LogP contribution in [0.5, 0.6) is 0 Å². The molecule has 0 bridgehead atoms. The minimum Gasteiger partial charge on any atom is -0.331 e. The molecule has 2 N–H and O–H groups in total. The number of rotatable bonds is 3. The smallest absolute Gasteiger partial charge is 0.230 e. The number of carbonyl (C=O) groups excluding carboxylic acids is 1. The normalized spacial score (nSPS) is 12.7. The van der Waals surface area contributed by atoms with Gasteiger partial charge in [-0.1, -0.05) is 6.92 Å². The summed E-state index contributed by atoms with van der Waals surface area (Å²) in [4.78, 5) is 18.2. The molecule has 5 nitrogen and oxygen atoms in total. The molecule has 0 spiro atoms. The van der Waals surface area contributed by atoms with Crippen molar-refractivity contribution in [3.63, 3.8) is 0 Å². The zero-order chi connectivity index (χ0) is 14.2. The highest BCUT2D eigenvalue weighted by Gasteiger charge is 2.18. The predicted molar refractivity (Wildman–Crippen MR) is 77.1 cm³/mol. The Balaban J connectivity index is 2.38. The van der Waals surface area contributed by atoms with Crippen LogP contribution in [0.4, 0.5) is 5.69 Å². The number of amides is 1. The molecule has 0 saturated carbocycles. The Bertz CT molecular complexity index is 617. The fraction of sp³-hybridized carbons (Fsp3) is 0.429. The number of benzene rings is 1. The summed E-state index contributed by atoms with van der Waals surface area (Å²) in [6, 6.07) is 5.86. The summed E-state index contributed by atoms with van der Waals surface area (Å²) in [5, 5.41) is 0. The second-order valence-corrected chi connectivity index (χ2v) is 4.93. The molecule has 0 aliphatic carbocycles. The first-order valence-corrected chi connectivity index (χ1v) is 6.36. The van der Waals surface area contributed by atoms with Crippen molar-refractivity contribution in [2.75, 3.05) is 18.5 Å². The quantitative estimate of drug-likeness (QED) is 0.908. The predicted octanol–water partition coefficient (Wildman–Crippen LogP) is 1.44. The fourth-order valence-electron chi connectivity index (χ4n) is 2.08. The third kappa shape index (κ3) is 2.33. The molecule has 0 radical (unpaired) electrons. The van der Waals surface area contributed by atoms with E-state index in [0.29, 0.717) is 6.54 Å². The van der Waals surface area contributed by atoms with E-state index in [4.69, 9.17) is 5.73 Å². The van der Waals surface area contributed by atoms with Crippen LogP contribution in [0.25, 0.3) is 11.0 Å². The lowest BCUT2D eigenvalue weighted by molar-refractivity contribution is -0.121. The highest BCUT2D eigenvalue weighted by Crippen LogP contribution is 2.22. The number of aromatic nitrogens is 2. The number of anilines is 1. The maximum atomic E-state index is 12.1. The average molecular weight is 260 g/mol. The molecule has 5 heteroatoms. The molecule has 19 heavy (non-hydrogen) atoms. The van der Waals surface area contributed by atoms with Crippen molar-refractivity contribution in [2.24, 2.45) is 18.7 Å². The Kier molecular flexibility index (Phi) is 3.57. The second kappa shape index (κ2) is 5.01. The summed E-state index contributed by atoms with van der Waals surface area (Å²) in [6.07, 6.45) is 0. The van der Waals surface area contributed by atoms with Gasteiger partial charge in [0.2, 0.25) is 5.91 Å². The molecule has 0 saturated heterocycles. The highest BCUT2D eigenvalue weighted by molar-refractivity contribution is 5.96. The first-order valence-electron chi connectivity index (χ1n) is 6.36. The van der Waals surface area contributed by atoms with Crippen molar-refractivity contribution < 1.29 is 4.79 Å². The van der Waals surface area contributed by atoms with Crippen LogP contribution in [-0.4, -0.2) is 29.1 Å². The molecule has 0 aliphatic rings. The number of hydrogen-bond acceptors (Lipinski definition) is 3. The van der Waals surface area contributed by atoms with Gasteiger partial charge in [-0.15, -0.1) is 0 Å². The van der Waals surface area contributed by atoms with Crippen LogP contribution in [-0.2, 0) is 11.8 Å². The third-order valence-corrected chi connectivity index (χ3v) is 3.58. The van der Waals surface area contributed by atoms with Gasteiger partial charge >= 0.3 is 0 Å². The zero-order valence-electron chi connectivity index (χ0n) is 11.8. The third-order valence-electron chi connectivity index (χ3n) is 3.58. The molecule has 0 aliphatic heterocycles. The van der Waals surface area contributed by atoms with E-state index < -0.39 is 0 Å². The molecule has 102 valence electrons. The van der Waals surface area contributed by atoms with E-state index in [1.54, 1.807) is 11.9 Å². The van der Waals surface area contributed by atoms with Gasteiger partial charge in [-0.25, -0.2) is 4.98 Å². The molecule has 1 unspecified atom stereocenters. The van der Waals surface area contributed by atoms with Crippen LogP contribution < -0.4 is 10.6 Å². The maximum absolute atomic E-state index is 12.1. The van der Waals surface area contributed by atoms with Gasteiger partial charge < -0.3 is 15.2 Å². The van der Waals surface area contributed by atoms with Crippen molar-refractivity contribution in [1.82, 2.24) is 9.55 Å². The molecule has 2 rings (SSSR count). The Morgan fingerprint density at radius 1 is 1.53 bits per heavy atom. The molecule has 1 aromatic carbocycles. The average Bonchev–Trinajstić information content (AvgIpc) is 2.71. The number of fused-ring (bicyclic) bond motifs is 1. The molecule has 2 aromatic rings. The SMILES string of the molecule is Cc1nc2cc(N(C)C(=O)C(C)CN)ccc2n1C. The van der Waals surface area contributed by atoms with Gasteiger partial charge in [0.25, 0.3) is 0 Å². The van der Waals surface area contributed by atoms with E-state index in [2.05, 4.69) is 4.98 Å². The zero-order valence-corrected chi connectivity index (χ0v) is 11.8. The van der Waals surface area contributed by atoms with Gasteiger partial charge in [0.15, 0.2) is 0 Å². The van der Waals surface area contributed by atoms with Gasteiger partial charge in [-0.3, -0.25) is 4.79 Å². The van der Waals surface area contributed by atoms with Gasteiger partial charge in [0.05, 0.1) is 11.0 Å². The van der Waals surface area contributed by atoms with E-state index >= 15 is 0 Å². The lowest BCUT2D eigenvalue weighted by Gasteiger charge is -2.20. The van der Waals surface area contributed by atoms with Crippen molar-refractivity contribution in [2.45, 2.75) is 13.8 Å². The topological polar surface area (TPSA) is 64.2 Å². The Morgan fingerprint density at radius 2 is 2.21 bits per heavy atom. The van der Waals surface area contributed by atoms with Crippen molar-refractivity contribution in [1.29, 1.82) is 0 Å². The molecular weight excluding hydrogens is 240 g/mol. The summed E-state index contributed by atoms with van der Waals surface area (Å²) in [5.41, 5.74) is 8.35. The number of nitrogens with two attached hydrogens (primary N) is 1. The monoisotopic (exact) mass is 260 g/mol. The lowest BCUT2D eigenvalue weighted by Crippen LogP contribution is -2.35. The van der Waals surface area contributed by atoms with E-state index in [1.807, 2.05) is 43.7 Å². The molecule has 1 heterocycles. The number of imidazole rings is 1. The maximum Gasteiger partial charge on any atom is 0.230 e. The first-order chi connectivity index (χ1) is 8.95. The summed E-state index contributed by atoms with van der Waals surface area (Å²) in [5.74, 6) is 0.803. The van der Waals surface area contributed by atoms with E-state index in [-0.39, 0.29) is 11.8 Å². The molecule has 0 fully saturated rings.